The highest BCUT2D eigenvalue weighted by molar-refractivity contribution is 7.89. The maximum atomic E-state index is 13.0. The van der Waals surface area contributed by atoms with Gasteiger partial charge in [0.15, 0.2) is 0 Å². The molecule has 4 aliphatic rings. The van der Waals surface area contributed by atoms with Gasteiger partial charge in [0.1, 0.15) is 5.54 Å². The SMILES string of the molecule is CC(C)(NS(=O)(=O)c1ccc(Cl)c(Cl)c1)C(=O)NC1C2CC3CC(C2)CC1C3. The molecule has 0 unspecified atom stereocenters. The number of rotatable bonds is 5. The molecule has 1 aromatic carbocycles. The lowest BCUT2D eigenvalue weighted by molar-refractivity contribution is -0.129. The monoisotopic (exact) mass is 444 g/mol. The molecule has 28 heavy (non-hydrogen) atoms. The molecule has 4 fully saturated rings. The van der Waals surface area contributed by atoms with Crippen LogP contribution in [-0.2, 0) is 14.8 Å². The number of sulfonamides is 1. The standard InChI is InChI=1S/C20H26Cl2N2O3S/c1-20(2,24-28(26,27)15-3-4-16(21)17(22)10-15)19(25)23-18-13-6-11-5-12(8-13)9-14(18)7-11/h3-4,10-14,18,24H,5-9H2,1-2H3,(H,23,25). The van der Waals surface area contributed by atoms with E-state index in [2.05, 4.69) is 10.0 Å². The van der Waals surface area contributed by atoms with Crippen LogP contribution in [0.5, 0.6) is 0 Å². The molecule has 2 N–H and O–H groups in total. The highest BCUT2D eigenvalue weighted by Crippen LogP contribution is 2.53. The zero-order chi connectivity index (χ0) is 20.3. The Kier molecular flexibility index (Phi) is 5.22. The van der Waals surface area contributed by atoms with Crippen molar-refractivity contribution in [3.63, 3.8) is 0 Å². The molecule has 1 amide bonds. The molecule has 0 atom stereocenters. The topological polar surface area (TPSA) is 75.3 Å². The summed E-state index contributed by atoms with van der Waals surface area (Å²) in [7, 11) is -3.92. The number of amides is 1. The van der Waals surface area contributed by atoms with Gasteiger partial charge < -0.3 is 5.32 Å². The Hall–Kier alpha value is -0.820. The van der Waals surface area contributed by atoms with Gasteiger partial charge in [-0.1, -0.05) is 23.2 Å². The second-order valence-corrected chi connectivity index (χ2v) is 11.7. The fourth-order valence-electron chi connectivity index (χ4n) is 5.58. The first-order valence-electron chi connectivity index (χ1n) is 9.85. The van der Waals surface area contributed by atoms with Crippen molar-refractivity contribution in [2.24, 2.45) is 23.7 Å². The van der Waals surface area contributed by atoms with Crippen LogP contribution in [0.15, 0.2) is 23.1 Å². The maximum Gasteiger partial charge on any atom is 0.241 e. The molecule has 5 rings (SSSR count). The van der Waals surface area contributed by atoms with E-state index in [4.69, 9.17) is 23.2 Å². The van der Waals surface area contributed by atoms with Crippen molar-refractivity contribution in [3.05, 3.63) is 28.2 Å². The lowest BCUT2D eigenvalue weighted by atomic mass is 9.54. The van der Waals surface area contributed by atoms with E-state index >= 15 is 0 Å². The number of hydrogen-bond donors (Lipinski definition) is 2. The molecule has 4 aliphatic carbocycles. The summed E-state index contributed by atoms with van der Waals surface area (Å²) in [5, 5.41) is 3.61. The summed E-state index contributed by atoms with van der Waals surface area (Å²) in [6.45, 7) is 3.18. The molecule has 4 bridgehead atoms. The maximum absolute atomic E-state index is 13.0. The molecular formula is C20H26Cl2N2O3S. The van der Waals surface area contributed by atoms with E-state index < -0.39 is 15.6 Å². The molecule has 0 saturated heterocycles. The summed E-state index contributed by atoms with van der Waals surface area (Å²) < 4.78 is 28.0. The van der Waals surface area contributed by atoms with Gasteiger partial charge in [-0.05, 0) is 87.8 Å². The molecular weight excluding hydrogens is 419 g/mol. The first-order valence-corrected chi connectivity index (χ1v) is 12.1. The molecule has 0 aliphatic heterocycles. The van der Waals surface area contributed by atoms with Crippen LogP contribution < -0.4 is 10.0 Å². The van der Waals surface area contributed by atoms with Crippen LogP contribution in [0, 0.1) is 23.7 Å². The Labute approximate surface area is 176 Å². The van der Waals surface area contributed by atoms with Gasteiger partial charge in [-0.15, -0.1) is 0 Å². The highest BCUT2D eigenvalue weighted by atomic mass is 35.5. The quantitative estimate of drug-likeness (QED) is 0.720. The molecule has 8 heteroatoms. The molecule has 0 heterocycles. The normalized spacial score (nSPS) is 31.8. The molecule has 5 nitrogen and oxygen atoms in total. The summed E-state index contributed by atoms with van der Waals surface area (Å²) in [5.41, 5.74) is -1.28. The average Bonchev–Trinajstić information content (AvgIpc) is 2.58. The third-order valence-corrected chi connectivity index (χ3v) is 9.08. The van der Waals surface area contributed by atoms with Crippen molar-refractivity contribution < 1.29 is 13.2 Å². The van der Waals surface area contributed by atoms with E-state index in [0.29, 0.717) is 11.8 Å². The number of carbonyl (C=O) groups excluding carboxylic acids is 1. The molecule has 0 spiro atoms. The fraction of sp³-hybridized carbons (Fsp3) is 0.650. The minimum Gasteiger partial charge on any atom is -0.351 e. The third kappa shape index (κ3) is 3.81. The Balaban J connectivity index is 1.47. The van der Waals surface area contributed by atoms with Crippen LogP contribution in [0.3, 0.4) is 0 Å². The Morgan fingerprint density at radius 2 is 1.57 bits per heavy atom. The second-order valence-electron chi connectivity index (χ2n) is 9.24. The Morgan fingerprint density at radius 1 is 1.00 bits per heavy atom. The second kappa shape index (κ2) is 7.15. The fourth-order valence-corrected chi connectivity index (χ4v) is 7.34. The Bertz CT molecular complexity index is 873. The lowest BCUT2D eigenvalue weighted by Gasteiger charge is -2.54. The van der Waals surface area contributed by atoms with Gasteiger partial charge in [0.05, 0.1) is 14.9 Å². The summed E-state index contributed by atoms with van der Waals surface area (Å²) in [4.78, 5) is 13.0. The van der Waals surface area contributed by atoms with E-state index in [0.717, 1.165) is 11.8 Å². The molecule has 0 aromatic heterocycles. The number of halogens is 2. The van der Waals surface area contributed by atoms with Crippen LogP contribution >= 0.6 is 23.2 Å². The molecule has 1 aromatic rings. The molecule has 154 valence electrons. The average molecular weight is 445 g/mol. The van der Waals surface area contributed by atoms with Crippen molar-refractivity contribution in [2.75, 3.05) is 0 Å². The highest BCUT2D eigenvalue weighted by Gasteiger charge is 2.49. The van der Waals surface area contributed by atoms with Crippen LogP contribution in [0.25, 0.3) is 0 Å². The molecule has 0 radical (unpaired) electrons. The van der Waals surface area contributed by atoms with Crippen molar-refractivity contribution >= 4 is 39.1 Å². The van der Waals surface area contributed by atoms with Crippen molar-refractivity contribution in [1.82, 2.24) is 10.0 Å². The van der Waals surface area contributed by atoms with Gasteiger partial charge in [-0.2, -0.15) is 4.72 Å². The van der Waals surface area contributed by atoms with E-state index in [9.17, 15) is 13.2 Å². The first kappa shape index (κ1) is 20.5. The van der Waals surface area contributed by atoms with Gasteiger partial charge in [-0.25, -0.2) is 8.42 Å². The van der Waals surface area contributed by atoms with E-state index in [1.54, 1.807) is 13.8 Å². The predicted octanol–water partition coefficient (Wildman–Crippen LogP) is 3.99. The molecule has 4 saturated carbocycles. The zero-order valence-corrected chi connectivity index (χ0v) is 18.4. The zero-order valence-electron chi connectivity index (χ0n) is 16.0. The Morgan fingerprint density at radius 3 is 2.11 bits per heavy atom. The number of carbonyl (C=O) groups is 1. The minimum atomic E-state index is -3.92. The van der Waals surface area contributed by atoms with Crippen LogP contribution in [0.4, 0.5) is 0 Å². The third-order valence-electron chi connectivity index (χ3n) is 6.68. The predicted molar refractivity (Wildman–Crippen MR) is 110 cm³/mol. The summed E-state index contributed by atoms with van der Waals surface area (Å²) >= 11 is 11.8. The van der Waals surface area contributed by atoms with Crippen LogP contribution in [-0.4, -0.2) is 25.9 Å². The van der Waals surface area contributed by atoms with Crippen molar-refractivity contribution in [1.29, 1.82) is 0 Å². The van der Waals surface area contributed by atoms with Gasteiger partial charge in [0, 0.05) is 6.04 Å². The van der Waals surface area contributed by atoms with E-state index in [1.807, 2.05) is 0 Å². The number of nitrogens with one attached hydrogen (secondary N) is 2. The van der Waals surface area contributed by atoms with Gasteiger partial charge >= 0.3 is 0 Å². The van der Waals surface area contributed by atoms with E-state index in [-0.39, 0.29) is 26.9 Å². The smallest absolute Gasteiger partial charge is 0.241 e. The van der Waals surface area contributed by atoms with E-state index in [1.165, 1.54) is 50.3 Å². The van der Waals surface area contributed by atoms with Gasteiger partial charge in [0.25, 0.3) is 0 Å². The minimum absolute atomic E-state index is 0.0163. The summed E-state index contributed by atoms with van der Waals surface area (Å²) in [6, 6.07) is 4.26. The summed E-state index contributed by atoms with van der Waals surface area (Å²) in [6.07, 6.45) is 6.10. The van der Waals surface area contributed by atoms with Gasteiger partial charge in [0.2, 0.25) is 15.9 Å². The van der Waals surface area contributed by atoms with Crippen molar-refractivity contribution in [2.45, 2.75) is 62.4 Å². The largest absolute Gasteiger partial charge is 0.351 e. The van der Waals surface area contributed by atoms with Crippen molar-refractivity contribution in [3.8, 4) is 0 Å². The number of benzene rings is 1. The lowest BCUT2D eigenvalue weighted by Crippen LogP contribution is -2.62. The van der Waals surface area contributed by atoms with Crippen LogP contribution in [0.1, 0.15) is 46.0 Å². The first-order chi connectivity index (χ1) is 13.0. The van der Waals surface area contributed by atoms with Crippen LogP contribution in [0.2, 0.25) is 10.0 Å². The number of hydrogen-bond acceptors (Lipinski definition) is 3. The van der Waals surface area contributed by atoms with Gasteiger partial charge in [-0.3, -0.25) is 4.79 Å². The summed E-state index contributed by atoms with van der Waals surface area (Å²) in [5.74, 6) is 2.41.